The highest BCUT2D eigenvalue weighted by molar-refractivity contribution is 5.84. The molecule has 0 aromatic carbocycles. The molecular weight excluding hydrogens is 280 g/mol. The Morgan fingerprint density at radius 3 is 2.68 bits per heavy atom. The highest BCUT2D eigenvalue weighted by atomic mass is 16.5. The second kappa shape index (κ2) is 10.4. The molecule has 0 bridgehead atoms. The predicted octanol–water partition coefficient (Wildman–Crippen LogP) is 1.23. The van der Waals surface area contributed by atoms with Crippen LogP contribution in [0.25, 0.3) is 0 Å². The summed E-state index contributed by atoms with van der Waals surface area (Å²) in [5.74, 6) is 1.34. The minimum atomic E-state index is -0.00104. The number of amides is 1. The number of likely N-dealkylation sites (N-methyl/N-ethyl adjacent to an activating group) is 1. The highest BCUT2D eigenvalue weighted by Crippen LogP contribution is 2.11. The van der Waals surface area contributed by atoms with E-state index >= 15 is 0 Å². The van der Waals surface area contributed by atoms with E-state index in [4.69, 9.17) is 4.74 Å². The van der Waals surface area contributed by atoms with E-state index < -0.39 is 0 Å². The third kappa shape index (κ3) is 8.22. The number of hydrogen-bond donors (Lipinski definition) is 2. The average Bonchev–Trinajstić information content (AvgIpc) is 2.49. The standard InChI is InChI=1S/C16H32N4O2/c1-13(2)8-9-17-16(19-12-15(21)20(3)4)18-11-14-7-5-6-10-22-14/h13-14H,5-12H2,1-4H3,(H2,17,18,19). The van der Waals surface area contributed by atoms with Crippen molar-refractivity contribution < 1.29 is 9.53 Å². The van der Waals surface area contributed by atoms with E-state index in [2.05, 4.69) is 29.5 Å². The summed E-state index contributed by atoms with van der Waals surface area (Å²) in [6.07, 6.45) is 4.78. The molecule has 1 amide bonds. The van der Waals surface area contributed by atoms with Crippen LogP contribution < -0.4 is 10.6 Å². The Labute approximate surface area is 134 Å². The van der Waals surface area contributed by atoms with Crippen LogP contribution in [0.2, 0.25) is 0 Å². The third-order valence-electron chi connectivity index (χ3n) is 3.66. The molecule has 0 aromatic heterocycles. The maximum Gasteiger partial charge on any atom is 0.243 e. The molecule has 6 heteroatoms. The Hall–Kier alpha value is -1.30. The van der Waals surface area contributed by atoms with Crippen LogP contribution in [0.1, 0.15) is 39.5 Å². The first-order valence-electron chi connectivity index (χ1n) is 8.33. The Kier molecular flexibility index (Phi) is 8.89. The van der Waals surface area contributed by atoms with Crippen LogP contribution >= 0.6 is 0 Å². The summed E-state index contributed by atoms with van der Waals surface area (Å²) in [4.78, 5) is 17.6. The maximum absolute atomic E-state index is 11.7. The summed E-state index contributed by atoms with van der Waals surface area (Å²) in [7, 11) is 3.49. The van der Waals surface area contributed by atoms with Crippen LogP contribution in [0.4, 0.5) is 0 Å². The highest BCUT2D eigenvalue weighted by Gasteiger charge is 2.14. The van der Waals surface area contributed by atoms with E-state index in [1.807, 2.05) is 0 Å². The van der Waals surface area contributed by atoms with E-state index in [1.165, 1.54) is 6.42 Å². The Bertz CT molecular complexity index is 350. The molecule has 1 fully saturated rings. The van der Waals surface area contributed by atoms with Gasteiger partial charge >= 0.3 is 0 Å². The number of rotatable bonds is 7. The SMILES string of the molecule is CC(C)CCNC(=NCC(=O)N(C)C)NCC1CCCCO1. The minimum Gasteiger partial charge on any atom is -0.376 e. The maximum atomic E-state index is 11.7. The van der Waals surface area contributed by atoms with Crippen molar-refractivity contribution in [1.29, 1.82) is 0 Å². The minimum absolute atomic E-state index is 0.00104. The summed E-state index contributed by atoms with van der Waals surface area (Å²) in [6, 6.07) is 0. The van der Waals surface area contributed by atoms with Gasteiger partial charge in [-0.25, -0.2) is 4.99 Å². The molecule has 1 unspecified atom stereocenters. The van der Waals surface area contributed by atoms with Gasteiger partial charge in [0.25, 0.3) is 0 Å². The van der Waals surface area contributed by atoms with Gasteiger partial charge in [-0.3, -0.25) is 4.79 Å². The number of ether oxygens (including phenoxy) is 1. The monoisotopic (exact) mass is 312 g/mol. The fraction of sp³-hybridized carbons (Fsp3) is 0.875. The van der Waals surface area contributed by atoms with Gasteiger partial charge in [-0.15, -0.1) is 0 Å². The fourth-order valence-electron chi connectivity index (χ4n) is 2.12. The van der Waals surface area contributed by atoms with Crippen molar-refractivity contribution in [3.63, 3.8) is 0 Å². The largest absolute Gasteiger partial charge is 0.376 e. The van der Waals surface area contributed by atoms with Crippen LogP contribution in [-0.4, -0.2) is 63.2 Å². The molecule has 1 saturated heterocycles. The second-order valence-electron chi connectivity index (χ2n) is 6.43. The molecule has 0 aromatic rings. The van der Waals surface area contributed by atoms with E-state index in [0.717, 1.165) is 39.0 Å². The number of nitrogens with one attached hydrogen (secondary N) is 2. The summed E-state index contributed by atoms with van der Waals surface area (Å²) in [6.45, 7) is 6.98. The van der Waals surface area contributed by atoms with Crippen LogP contribution in [0.3, 0.4) is 0 Å². The topological polar surface area (TPSA) is 66.0 Å². The van der Waals surface area contributed by atoms with Crippen molar-refractivity contribution in [2.45, 2.75) is 45.6 Å². The van der Waals surface area contributed by atoms with Crippen LogP contribution in [-0.2, 0) is 9.53 Å². The molecule has 2 N–H and O–H groups in total. The predicted molar refractivity (Wildman–Crippen MR) is 90.0 cm³/mol. The van der Waals surface area contributed by atoms with E-state index in [9.17, 15) is 4.79 Å². The van der Waals surface area contributed by atoms with Gasteiger partial charge in [0.15, 0.2) is 5.96 Å². The number of hydrogen-bond acceptors (Lipinski definition) is 3. The number of aliphatic imine (C=N–C) groups is 1. The van der Waals surface area contributed by atoms with Gasteiger partial charge < -0.3 is 20.3 Å². The zero-order chi connectivity index (χ0) is 16.4. The summed E-state index contributed by atoms with van der Waals surface area (Å²) in [5.41, 5.74) is 0. The summed E-state index contributed by atoms with van der Waals surface area (Å²) < 4.78 is 5.71. The molecular formula is C16H32N4O2. The third-order valence-corrected chi connectivity index (χ3v) is 3.66. The lowest BCUT2D eigenvalue weighted by Crippen LogP contribution is -2.43. The lowest BCUT2D eigenvalue weighted by atomic mass is 10.1. The number of carbonyl (C=O) groups excluding carboxylic acids is 1. The molecule has 22 heavy (non-hydrogen) atoms. The van der Waals surface area contributed by atoms with Gasteiger partial charge in [-0.2, -0.15) is 0 Å². The van der Waals surface area contributed by atoms with E-state index in [1.54, 1.807) is 19.0 Å². The van der Waals surface area contributed by atoms with Gasteiger partial charge in [0.05, 0.1) is 6.10 Å². The summed E-state index contributed by atoms with van der Waals surface area (Å²) >= 11 is 0. The molecule has 1 atom stereocenters. The first-order valence-corrected chi connectivity index (χ1v) is 8.33. The molecule has 1 aliphatic rings. The normalized spacial score (nSPS) is 19.1. The molecule has 0 aliphatic carbocycles. The molecule has 0 spiro atoms. The Morgan fingerprint density at radius 1 is 1.32 bits per heavy atom. The van der Waals surface area contributed by atoms with Gasteiger partial charge in [-0.1, -0.05) is 13.8 Å². The lowest BCUT2D eigenvalue weighted by molar-refractivity contribution is -0.127. The summed E-state index contributed by atoms with van der Waals surface area (Å²) in [5, 5.41) is 6.60. The smallest absolute Gasteiger partial charge is 0.243 e. The van der Waals surface area contributed by atoms with Crippen molar-refractivity contribution in [2.24, 2.45) is 10.9 Å². The fourth-order valence-corrected chi connectivity index (χ4v) is 2.12. The van der Waals surface area contributed by atoms with Gasteiger partial charge in [0, 0.05) is 33.8 Å². The van der Waals surface area contributed by atoms with Gasteiger partial charge in [-0.05, 0) is 31.6 Å². The number of carbonyl (C=O) groups is 1. The second-order valence-corrected chi connectivity index (χ2v) is 6.43. The zero-order valence-corrected chi connectivity index (χ0v) is 14.5. The molecule has 1 rings (SSSR count). The number of nitrogens with zero attached hydrogens (tertiary/aromatic N) is 2. The molecule has 1 aliphatic heterocycles. The van der Waals surface area contributed by atoms with Crippen molar-refractivity contribution in [3.8, 4) is 0 Å². The van der Waals surface area contributed by atoms with Gasteiger partial charge in [0.1, 0.15) is 6.54 Å². The van der Waals surface area contributed by atoms with Crippen molar-refractivity contribution in [2.75, 3.05) is 40.3 Å². The molecule has 1 heterocycles. The quantitative estimate of drug-likeness (QED) is 0.548. The van der Waals surface area contributed by atoms with Crippen molar-refractivity contribution in [3.05, 3.63) is 0 Å². The van der Waals surface area contributed by atoms with E-state index in [0.29, 0.717) is 11.9 Å². The average molecular weight is 312 g/mol. The Morgan fingerprint density at radius 2 is 2.09 bits per heavy atom. The zero-order valence-electron chi connectivity index (χ0n) is 14.5. The number of guanidine groups is 1. The Balaban J connectivity index is 2.44. The van der Waals surface area contributed by atoms with Crippen LogP contribution in [0.5, 0.6) is 0 Å². The van der Waals surface area contributed by atoms with Crippen LogP contribution in [0, 0.1) is 5.92 Å². The molecule has 6 nitrogen and oxygen atoms in total. The molecule has 128 valence electrons. The van der Waals surface area contributed by atoms with Crippen molar-refractivity contribution in [1.82, 2.24) is 15.5 Å². The van der Waals surface area contributed by atoms with Crippen LogP contribution in [0.15, 0.2) is 4.99 Å². The van der Waals surface area contributed by atoms with Gasteiger partial charge in [0.2, 0.25) is 5.91 Å². The van der Waals surface area contributed by atoms with E-state index in [-0.39, 0.29) is 18.6 Å². The lowest BCUT2D eigenvalue weighted by Gasteiger charge is -2.24. The molecule has 0 radical (unpaired) electrons. The van der Waals surface area contributed by atoms with Crippen molar-refractivity contribution >= 4 is 11.9 Å². The first kappa shape index (κ1) is 18.7. The first-order chi connectivity index (χ1) is 10.5. The molecule has 0 saturated carbocycles.